The summed E-state index contributed by atoms with van der Waals surface area (Å²) in [5, 5.41) is 7.65. The summed E-state index contributed by atoms with van der Waals surface area (Å²) in [6, 6.07) is 20.2. The summed E-state index contributed by atoms with van der Waals surface area (Å²) < 4.78 is 1.86. The molecule has 0 radical (unpaired) electrons. The van der Waals surface area contributed by atoms with Crippen LogP contribution in [0.5, 0.6) is 0 Å². The van der Waals surface area contributed by atoms with Crippen molar-refractivity contribution >= 4 is 34.6 Å². The molecular weight excluding hydrogens is 434 g/mol. The van der Waals surface area contributed by atoms with Crippen LogP contribution in [0.3, 0.4) is 0 Å². The summed E-state index contributed by atoms with van der Waals surface area (Å²) >= 11 is 1.40. The van der Waals surface area contributed by atoms with Gasteiger partial charge in [0, 0.05) is 41.9 Å². The molecule has 0 aliphatic heterocycles. The molecule has 0 aliphatic carbocycles. The monoisotopic (exact) mass is 453 g/mol. The molecule has 2 aromatic carbocycles. The van der Waals surface area contributed by atoms with E-state index >= 15 is 0 Å². The molecule has 0 unspecified atom stereocenters. The molecule has 3 aromatic heterocycles. The molecule has 0 aliphatic rings. The lowest BCUT2D eigenvalue weighted by atomic mass is 10.1. The molecule has 0 fully saturated rings. The van der Waals surface area contributed by atoms with Crippen LogP contribution in [-0.4, -0.2) is 26.2 Å². The first-order chi connectivity index (χ1) is 16.2. The molecule has 2 N–H and O–H groups in total. The van der Waals surface area contributed by atoms with E-state index in [2.05, 4.69) is 20.6 Å². The zero-order valence-corrected chi connectivity index (χ0v) is 18.3. The number of carbonyl (C=O) groups excluding carboxylic acids is 2. The first-order valence-electron chi connectivity index (χ1n) is 10.3. The summed E-state index contributed by atoms with van der Waals surface area (Å²) in [7, 11) is 0. The summed E-state index contributed by atoms with van der Waals surface area (Å²) in [5.41, 5.74) is 3.90. The van der Waals surface area contributed by atoms with E-state index < -0.39 is 0 Å². The van der Waals surface area contributed by atoms with Crippen LogP contribution in [0.1, 0.15) is 25.6 Å². The molecule has 0 saturated heterocycles. The number of aromatic nitrogens is 3. The SMILES string of the molecule is O=C(Nc1ccc(-c2cn3cccnc3n2)cc1)c1ccc(CNC(=O)c2cccs2)cc1. The van der Waals surface area contributed by atoms with Gasteiger partial charge in [0.2, 0.25) is 5.78 Å². The number of imidazole rings is 1. The standard InChI is InChI=1S/C25H19N5O2S/c31-23(19-6-4-17(5-7-19)15-27-24(32)22-3-1-14-33-22)28-20-10-8-18(9-11-20)21-16-30-13-2-12-26-25(30)29-21/h1-14,16H,15H2,(H,27,32)(H,28,31). The maximum absolute atomic E-state index is 12.6. The maximum atomic E-state index is 12.6. The van der Waals surface area contributed by atoms with Crippen LogP contribution in [-0.2, 0) is 6.54 Å². The van der Waals surface area contributed by atoms with Crippen LogP contribution in [0.2, 0.25) is 0 Å². The van der Waals surface area contributed by atoms with Crippen LogP contribution in [0.15, 0.2) is 90.7 Å². The van der Waals surface area contributed by atoms with E-state index in [0.29, 0.717) is 28.5 Å². The van der Waals surface area contributed by atoms with Crippen molar-refractivity contribution in [3.8, 4) is 11.3 Å². The van der Waals surface area contributed by atoms with E-state index in [-0.39, 0.29) is 11.8 Å². The molecule has 0 spiro atoms. The molecule has 5 rings (SSSR count). The molecule has 0 saturated carbocycles. The van der Waals surface area contributed by atoms with E-state index in [4.69, 9.17) is 0 Å². The number of fused-ring (bicyclic) bond motifs is 1. The lowest BCUT2D eigenvalue weighted by Crippen LogP contribution is -2.21. The largest absolute Gasteiger partial charge is 0.347 e. The third kappa shape index (κ3) is 4.65. The van der Waals surface area contributed by atoms with Crippen molar-refractivity contribution in [2.45, 2.75) is 6.54 Å². The van der Waals surface area contributed by atoms with Crippen molar-refractivity contribution < 1.29 is 9.59 Å². The van der Waals surface area contributed by atoms with Gasteiger partial charge in [0.1, 0.15) is 0 Å². The quantitative estimate of drug-likeness (QED) is 0.392. The molecule has 7 nitrogen and oxygen atoms in total. The molecule has 162 valence electrons. The highest BCUT2D eigenvalue weighted by Crippen LogP contribution is 2.21. The highest BCUT2D eigenvalue weighted by molar-refractivity contribution is 7.12. The normalized spacial score (nSPS) is 10.8. The Labute approximate surface area is 193 Å². The van der Waals surface area contributed by atoms with E-state index in [1.165, 1.54) is 11.3 Å². The number of nitrogens with zero attached hydrogens (tertiary/aromatic N) is 3. The van der Waals surface area contributed by atoms with Gasteiger partial charge >= 0.3 is 0 Å². The second kappa shape index (κ2) is 9.05. The van der Waals surface area contributed by atoms with Crippen molar-refractivity contribution in [2.75, 3.05) is 5.32 Å². The third-order valence-corrected chi connectivity index (χ3v) is 5.96. The van der Waals surface area contributed by atoms with Gasteiger partial charge in [-0.05, 0) is 47.3 Å². The molecule has 0 bridgehead atoms. The highest BCUT2D eigenvalue weighted by atomic mass is 32.1. The summed E-state index contributed by atoms with van der Waals surface area (Å²) in [5.74, 6) is 0.337. The Bertz CT molecular complexity index is 1370. The minimum atomic E-state index is -0.200. The fourth-order valence-corrected chi connectivity index (χ4v) is 3.99. The van der Waals surface area contributed by atoms with Crippen LogP contribution in [0.4, 0.5) is 5.69 Å². The maximum Gasteiger partial charge on any atom is 0.261 e. The first kappa shape index (κ1) is 20.6. The van der Waals surface area contributed by atoms with Gasteiger partial charge < -0.3 is 10.6 Å². The lowest BCUT2D eigenvalue weighted by Gasteiger charge is -2.08. The predicted molar refractivity (Wildman–Crippen MR) is 128 cm³/mol. The van der Waals surface area contributed by atoms with Gasteiger partial charge in [-0.3, -0.25) is 14.0 Å². The Hall–Kier alpha value is -4.30. The van der Waals surface area contributed by atoms with Crippen molar-refractivity contribution in [1.82, 2.24) is 19.7 Å². The van der Waals surface area contributed by atoms with Gasteiger partial charge in [-0.25, -0.2) is 9.97 Å². The summed E-state index contributed by atoms with van der Waals surface area (Å²) in [6.45, 7) is 0.401. The van der Waals surface area contributed by atoms with Crippen molar-refractivity contribution in [1.29, 1.82) is 0 Å². The van der Waals surface area contributed by atoms with Gasteiger partial charge in [0.05, 0.1) is 10.6 Å². The lowest BCUT2D eigenvalue weighted by molar-refractivity contribution is 0.0953. The molecule has 8 heteroatoms. The minimum absolute atomic E-state index is 0.102. The molecule has 0 atom stereocenters. The number of thiophene rings is 1. The smallest absolute Gasteiger partial charge is 0.261 e. The van der Waals surface area contributed by atoms with E-state index in [1.54, 1.807) is 24.4 Å². The zero-order chi connectivity index (χ0) is 22.6. The zero-order valence-electron chi connectivity index (χ0n) is 17.4. The minimum Gasteiger partial charge on any atom is -0.347 e. The van der Waals surface area contributed by atoms with E-state index in [0.717, 1.165) is 16.8 Å². The molecule has 3 heterocycles. The second-order valence-corrected chi connectivity index (χ2v) is 8.29. The Morgan fingerprint density at radius 1 is 0.939 bits per heavy atom. The number of anilines is 1. The van der Waals surface area contributed by atoms with Crippen molar-refractivity contribution in [3.05, 3.63) is 107 Å². The van der Waals surface area contributed by atoms with Gasteiger partial charge in [0.25, 0.3) is 11.8 Å². The molecule has 33 heavy (non-hydrogen) atoms. The van der Waals surface area contributed by atoms with Crippen molar-refractivity contribution in [2.24, 2.45) is 0 Å². The second-order valence-electron chi connectivity index (χ2n) is 7.34. The molecule has 2 amide bonds. The fourth-order valence-electron chi connectivity index (χ4n) is 3.35. The number of amides is 2. The Kier molecular flexibility index (Phi) is 5.65. The van der Waals surface area contributed by atoms with E-state index in [1.807, 2.05) is 70.7 Å². The Morgan fingerprint density at radius 2 is 1.76 bits per heavy atom. The topological polar surface area (TPSA) is 88.4 Å². The number of rotatable bonds is 6. The Balaban J connectivity index is 1.20. The average molecular weight is 454 g/mol. The average Bonchev–Trinajstić information content (AvgIpc) is 3.54. The van der Waals surface area contributed by atoms with Crippen LogP contribution in [0, 0.1) is 0 Å². The van der Waals surface area contributed by atoms with Gasteiger partial charge in [-0.2, -0.15) is 0 Å². The Morgan fingerprint density at radius 3 is 2.48 bits per heavy atom. The number of carbonyl (C=O) groups is 2. The number of hydrogen-bond donors (Lipinski definition) is 2. The van der Waals surface area contributed by atoms with Gasteiger partial charge in [-0.15, -0.1) is 11.3 Å². The van der Waals surface area contributed by atoms with Crippen LogP contribution in [0.25, 0.3) is 17.0 Å². The summed E-state index contributed by atoms with van der Waals surface area (Å²) in [4.78, 5) is 34.1. The van der Waals surface area contributed by atoms with Gasteiger partial charge in [0.15, 0.2) is 0 Å². The third-order valence-electron chi connectivity index (χ3n) is 5.09. The van der Waals surface area contributed by atoms with Crippen molar-refractivity contribution in [3.63, 3.8) is 0 Å². The number of benzene rings is 2. The summed E-state index contributed by atoms with van der Waals surface area (Å²) in [6.07, 6.45) is 5.52. The predicted octanol–water partition coefficient (Wildman–Crippen LogP) is 4.64. The number of hydrogen-bond acceptors (Lipinski definition) is 5. The molecule has 5 aromatic rings. The highest BCUT2D eigenvalue weighted by Gasteiger charge is 2.09. The number of nitrogens with one attached hydrogen (secondary N) is 2. The van der Waals surface area contributed by atoms with Gasteiger partial charge in [-0.1, -0.05) is 30.3 Å². The fraction of sp³-hybridized carbons (Fsp3) is 0.0400. The van der Waals surface area contributed by atoms with Crippen LogP contribution < -0.4 is 10.6 Å². The van der Waals surface area contributed by atoms with Crippen LogP contribution >= 0.6 is 11.3 Å². The van der Waals surface area contributed by atoms with E-state index in [9.17, 15) is 9.59 Å². The first-order valence-corrected chi connectivity index (χ1v) is 11.2. The molecular formula is C25H19N5O2S.